The molecule has 0 atom stereocenters. The maximum atomic E-state index is 9.30. The van der Waals surface area contributed by atoms with Crippen molar-refractivity contribution < 1.29 is 19.7 Å². The van der Waals surface area contributed by atoms with Gasteiger partial charge >= 0.3 is 0 Å². The summed E-state index contributed by atoms with van der Waals surface area (Å²) in [5, 5.41) is 27.8. The summed E-state index contributed by atoms with van der Waals surface area (Å²) in [5.41, 5.74) is 5.41. The van der Waals surface area contributed by atoms with Crippen LogP contribution in [0.1, 0.15) is 6.42 Å². The number of aliphatic hydroxyl groups is 3. The van der Waals surface area contributed by atoms with Gasteiger partial charge in [-0.2, -0.15) is 0 Å². The van der Waals surface area contributed by atoms with Gasteiger partial charge in [-0.1, -0.05) is 0 Å². The van der Waals surface area contributed by atoms with E-state index in [9.17, 15) is 15.3 Å². The van der Waals surface area contributed by atoms with Crippen LogP contribution in [0, 0.1) is 0 Å². The third-order valence-corrected chi connectivity index (χ3v) is 6.12. The molecule has 0 aromatic carbocycles. The van der Waals surface area contributed by atoms with Crippen LogP contribution < -0.4 is 5.73 Å². The maximum absolute atomic E-state index is 9.30. The van der Waals surface area contributed by atoms with E-state index in [0.29, 0.717) is 32.1 Å². The van der Waals surface area contributed by atoms with E-state index in [4.69, 9.17) is 10.2 Å². The molecule has 0 aliphatic carbocycles. The van der Waals surface area contributed by atoms with Gasteiger partial charge in [-0.15, -0.1) is 0 Å². The lowest BCUT2D eigenvalue weighted by atomic mass is 10.4. The van der Waals surface area contributed by atoms with E-state index in [0.717, 1.165) is 0 Å². The van der Waals surface area contributed by atoms with Gasteiger partial charge in [0.1, 0.15) is 0 Å². The van der Waals surface area contributed by atoms with Crippen LogP contribution in [-0.4, -0.2) is 67.7 Å². The first-order valence-electron chi connectivity index (χ1n) is 5.65. The third-order valence-electron chi connectivity index (χ3n) is 2.83. The third kappa shape index (κ3) is 5.51. The van der Waals surface area contributed by atoms with E-state index in [1.807, 2.05) is 0 Å². The SMILES string of the molecule is C=C(O)N(CCN)CCC[Si](CO)(CO)OC. The van der Waals surface area contributed by atoms with Crippen LogP contribution in [0.4, 0.5) is 0 Å². The highest BCUT2D eigenvalue weighted by Gasteiger charge is 2.32. The molecular weight excluding hydrogens is 240 g/mol. The van der Waals surface area contributed by atoms with E-state index >= 15 is 0 Å². The van der Waals surface area contributed by atoms with Crippen LogP contribution in [-0.2, 0) is 4.43 Å². The minimum atomic E-state index is -2.40. The lowest BCUT2D eigenvalue weighted by molar-refractivity contribution is 0.204. The molecule has 0 heterocycles. The summed E-state index contributed by atoms with van der Waals surface area (Å²) >= 11 is 0. The fourth-order valence-corrected chi connectivity index (χ4v) is 3.24. The second-order valence-electron chi connectivity index (χ2n) is 4.00. The summed E-state index contributed by atoms with van der Waals surface area (Å²) in [6.45, 7) is 5.02. The van der Waals surface area contributed by atoms with Crippen molar-refractivity contribution in [1.29, 1.82) is 0 Å². The van der Waals surface area contributed by atoms with Crippen molar-refractivity contribution in [3.8, 4) is 0 Å². The molecule has 0 aromatic rings. The van der Waals surface area contributed by atoms with Crippen molar-refractivity contribution in [2.75, 3.05) is 39.2 Å². The molecule has 102 valence electrons. The van der Waals surface area contributed by atoms with Gasteiger partial charge in [0, 0.05) is 26.7 Å². The molecule has 6 nitrogen and oxygen atoms in total. The molecule has 7 heteroatoms. The highest BCUT2D eigenvalue weighted by Crippen LogP contribution is 2.13. The number of nitrogens with zero attached hydrogens (tertiary/aromatic N) is 1. The van der Waals surface area contributed by atoms with E-state index < -0.39 is 8.32 Å². The first kappa shape index (κ1) is 16.4. The molecule has 0 unspecified atom stereocenters. The first-order valence-corrected chi connectivity index (χ1v) is 8.18. The Labute approximate surface area is 103 Å². The Morgan fingerprint density at radius 2 is 1.94 bits per heavy atom. The molecule has 0 aliphatic heterocycles. The van der Waals surface area contributed by atoms with Gasteiger partial charge in [0.05, 0.1) is 12.5 Å². The van der Waals surface area contributed by atoms with Gasteiger partial charge in [-0.3, -0.25) is 0 Å². The van der Waals surface area contributed by atoms with Crippen LogP contribution in [0.2, 0.25) is 6.04 Å². The number of hydrogen-bond donors (Lipinski definition) is 4. The number of aliphatic hydroxyl groups excluding tert-OH is 3. The van der Waals surface area contributed by atoms with Crippen molar-refractivity contribution in [3.63, 3.8) is 0 Å². The van der Waals surface area contributed by atoms with E-state index in [1.54, 1.807) is 4.90 Å². The summed E-state index contributed by atoms with van der Waals surface area (Å²) in [6, 6.07) is 0.630. The van der Waals surface area contributed by atoms with Crippen molar-refractivity contribution in [1.82, 2.24) is 4.90 Å². The monoisotopic (exact) mass is 264 g/mol. The van der Waals surface area contributed by atoms with Gasteiger partial charge in [0.15, 0.2) is 5.88 Å². The maximum Gasteiger partial charge on any atom is 0.242 e. The van der Waals surface area contributed by atoms with Crippen LogP contribution >= 0.6 is 0 Å². The molecule has 0 radical (unpaired) electrons. The minimum absolute atomic E-state index is 0.00636. The minimum Gasteiger partial charge on any atom is -0.495 e. The van der Waals surface area contributed by atoms with Gasteiger partial charge in [-0.05, 0) is 19.0 Å². The lowest BCUT2D eigenvalue weighted by Gasteiger charge is -2.27. The largest absolute Gasteiger partial charge is 0.495 e. The van der Waals surface area contributed by atoms with Crippen molar-refractivity contribution >= 4 is 8.32 Å². The molecule has 0 aliphatic rings. The second kappa shape index (κ2) is 8.48. The lowest BCUT2D eigenvalue weighted by Crippen LogP contribution is -2.47. The van der Waals surface area contributed by atoms with E-state index in [1.165, 1.54) is 7.11 Å². The fourth-order valence-electron chi connectivity index (χ4n) is 1.56. The molecule has 17 heavy (non-hydrogen) atoms. The Balaban J connectivity index is 4.13. The molecule has 0 aromatic heterocycles. The molecule has 0 rings (SSSR count). The molecule has 0 saturated heterocycles. The van der Waals surface area contributed by atoms with Crippen LogP contribution in [0.3, 0.4) is 0 Å². The molecule has 0 bridgehead atoms. The van der Waals surface area contributed by atoms with E-state index in [-0.39, 0.29) is 18.3 Å². The second-order valence-corrected chi connectivity index (χ2v) is 7.91. The van der Waals surface area contributed by atoms with Crippen LogP contribution in [0.25, 0.3) is 0 Å². The standard InChI is InChI=1S/C10H24N2O4Si/c1-10(15)12(6-4-11)5-3-7-17(8-13,9-14)16-2/h13-15H,1,3-9,11H2,2H3. The van der Waals surface area contributed by atoms with Crippen LogP contribution in [0.5, 0.6) is 0 Å². The average molecular weight is 264 g/mol. The van der Waals surface area contributed by atoms with Crippen LogP contribution in [0.15, 0.2) is 12.5 Å². The van der Waals surface area contributed by atoms with Gasteiger partial charge < -0.3 is 30.4 Å². The molecule has 0 saturated carbocycles. The van der Waals surface area contributed by atoms with Crippen molar-refractivity contribution in [2.24, 2.45) is 5.73 Å². The predicted octanol–water partition coefficient (Wildman–Crippen LogP) is -0.679. The molecule has 5 N–H and O–H groups in total. The average Bonchev–Trinajstić information content (AvgIpc) is 2.34. The van der Waals surface area contributed by atoms with Gasteiger partial charge in [-0.25, -0.2) is 0 Å². The topological polar surface area (TPSA) is 99.2 Å². The zero-order valence-corrected chi connectivity index (χ0v) is 11.4. The Hall–Kier alpha value is -0.603. The van der Waals surface area contributed by atoms with Gasteiger partial charge in [0.2, 0.25) is 8.32 Å². The molecule has 0 spiro atoms. The fraction of sp³-hybridized carbons (Fsp3) is 0.800. The first-order chi connectivity index (χ1) is 8.05. The summed E-state index contributed by atoms with van der Waals surface area (Å²) in [6.07, 6.45) is 0.509. The smallest absolute Gasteiger partial charge is 0.242 e. The normalized spacial score (nSPS) is 11.5. The number of hydrogen-bond acceptors (Lipinski definition) is 6. The quantitative estimate of drug-likeness (QED) is 0.308. The van der Waals surface area contributed by atoms with Gasteiger partial charge in [0.25, 0.3) is 0 Å². The van der Waals surface area contributed by atoms with Crippen molar-refractivity contribution in [3.05, 3.63) is 12.5 Å². The number of rotatable bonds is 10. The molecule has 0 fully saturated rings. The number of nitrogens with two attached hydrogens (primary N) is 1. The Morgan fingerprint density at radius 3 is 2.29 bits per heavy atom. The highest BCUT2D eigenvalue weighted by molar-refractivity contribution is 6.73. The molecule has 0 amide bonds. The van der Waals surface area contributed by atoms with E-state index in [2.05, 4.69) is 6.58 Å². The highest BCUT2D eigenvalue weighted by atomic mass is 28.4. The Morgan fingerprint density at radius 1 is 1.35 bits per heavy atom. The van der Waals surface area contributed by atoms with Crippen molar-refractivity contribution in [2.45, 2.75) is 12.5 Å². The zero-order valence-electron chi connectivity index (χ0n) is 10.4. The Kier molecular flexibility index (Phi) is 8.18. The zero-order chi connectivity index (χ0) is 13.3. The summed E-state index contributed by atoms with van der Waals surface area (Å²) in [4.78, 5) is 1.67. The predicted molar refractivity (Wildman–Crippen MR) is 68.8 cm³/mol. The summed E-state index contributed by atoms with van der Waals surface area (Å²) in [7, 11) is -0.885. The summed E-state index contributed by atoms with van der Waals surface area (Å²) < 4.78 is 5.25. The summed E-state index contributed by atoms with van der Waals surface area (Å²) in [5.74, 6) is -0.00636. The molecular formula is C10H24N2O4Si. The Bertz CT molecular complexity index is 216.